The lowest BCUT2D eigenvalue weighted by atomic mass is 10.2. The van der Waals surface area contributed by atoms with Crippen LogP contribution in [0.25, 0.3) is 0 Å². The van der Waals surface area contributed by atoms with Crippen molar-refractivity contribution in [2.75, 3.05) is 0 Å². The molecule has 0 amide bonds. The molecule has 0 bridgehead atoms. The fraction of sp³-hybridized carbons (Fsp3) is 0.143. The molecule has 0 radical (unpaired) electrons. The van der Waals surface area contributed by atoms with Gasteiger partial charge in [-0.05, 0) is 33.6 Å². The van der Waals surface area contributed by atoms with E-state index >= 15 is 0 Å². The van der Waals surface area contributed by atoms with Gasteiger partial charge >= 0.3 is 0 Å². The second-order valence-electron chi connectivity index (χ2n) is 2.04. The largest absolute Gasteiger partial charge is 0.505 e. The van der Waals surface area contributed by atoms with Crippen LogP contribution >= 0.6 is 27.5 Å². The number of alkyl halides is 1. The molecule has 0 heterocycles. The molecule has 11 heavy (non-hydrogen) atoms. The number of benzene rings is 1. The molecular weight excluding hydrogens is 234 g/mol. The monoisotopic (exact) mass is 238 g/mol. The fourth-order valence-corrected chi connectivity index (χ4v) is 1.56. The SMILES string of the molecule is Oc1c(Cl)cc(CF)cc1Br. The van der Waals surface area contributed by atoms with Gasteiger partial charge in [0.1, 0.15) is 12.4 Å². The molecule has 0 spiro atoms. The molecule has 1 N–H and O–H groups in total. The van der Waals surface area contributed by atoms with Crippen molar-refractivity contribution in [3.8, 4) is 5.75 Å². The van der Waals surface area contributed by atoms with Crippen LogP contribution in [0, 0.1) is 0 Å². The topological polar surface area (TPSA) is 20.2 Å². The quantitative estimate of drug-likeness (QED) is 0.797. The maximum absolute atomic E-state index is 12.1. The van der Waals surface area contributed by atoms with Gasteiger partial charge in [0, 0.05) is 0 Å². The van der Waals surface area contributed by atoms with E-state index < -0.39 is 6.67 Å². The van der Waals surface area contributed by atoms with Crippen molar-refractivity contribution in [1.82, 2.24) is 0 Å². The van der Waals surface area contributed by atoms with Gasteiger partial charge in [-0.2, -0.15) is 0 Å². The Morgan fingerprint density at radius 1 is 1.55 bits per heavy atom. The molecule has 4 heteroatoms. The van der Waals surface area contributed by atoms with Crippen LogP contribution in [-0.4, -0.2) is 5.11 Å². The summed E-state index contributed by atoms with van der Waals surface area (Å²) >= 11 is 8.59. The van der Waals surface area contributed by atoms with E-state index in [2.05, 4.69) is 15.9 Å². The Hall–Kier alpha value is -0.280. The number of hydrogen-bond donors (Lipinski definition) is 1. The Kier molecular flexibility index (Phi) is 2.73. The van der Waals surface area contributed by atoms with Crippen molar-refractivity contribution >= 4 is 27.5 Å². The predicted octanol–water partition coefficient (Wildman–Crippen LogP) is 3.28. The third-order valence-corrected chi connectivity index (χ3v) is 2.12. The molecule has 0 saturated heterocycles. The number of aromatic hydroxyl groups is 1. The van der Waals surface area contributed by atoms with E-state index in [0.29, 0.717) is 10.0 Å². The third kappa shape index (κ3) is 1.84. The van der Waals surface area contributed by atoms with Gasteiger partial charge in [-0.3, -0.25) is 0 Å². The molecule has 0 fully saturated rings. The lowest BCUT2D eigenvalue weighted by Crippen LogP contribution is -1.79. The zero-order chi connectivity index (χ0) is 8.43. The van der Waals surface area contributed by atoms with Crippen LogP contribution in [0.5, 0.6) is 5.75 Å². The molecule has 1 rings (SSSR count). The van der Waals surface area contributed by atoms with Crippen molar-refractivity contribution in [2.45, 2.75) is 6.67 Å². The molecule has 0 aliphatic rings. The minimum atomic E-state index is -0.585. The average Bonchev–Trinajstić information content (AvgIpc) is 1.99. The normalized spacial score (nSPS) is 10.1. The lowest BCUT2D eigenvalue weighted by Gasteiger charge is -2.01. The first kappa shape index (κ1) is 8.81. The maximum atomic E-state index is 12.1. The number of halogens is 3. The van der Waals surface area contributed by atoms with Gasteiger partial charge in [0.05, 0.1) is 9.50 Å². The molecular formula is C7H5BrClFO. The highest BCUT2D eigenvalue weighted by Crippen LogP contribution is 2.33. The standard InChI is InChI=1S/C7H5BrClFO/c8-5-1-4(3-10)2-6(9)7(5)11/h1-2,11H,3H2. The van der Waals surface area contributed by atoms with Gasteiger partial charge < -0.3 is 5.11 Å². The smallest absolute Gasteiger partial charge is 0.148 e. The van der Waals surface area contributed by atoms with E-state index in [-0.39, 0.29) is 10.8 Å². The highest BCUT2D eigenvalue weighted by molar-refractivity contribution is 9.10. The van der Waals surface area contributed by atoms with E-state index in [1.807, 2.05) is 0 Å². The summed E-state index contributed by atoms with van der Waals surface area (Å²) in [4.78, 5) is 0. The van der Waals surface area contributed by atoms with E-state index in [1.165, 1.54) is 12.1 Å². The molecule has 0 aromatic heterocycles. The highest BCUT2D eigenvalue weighted by Gasteiger charge is 2.05. The van der Waals surface area contributed by atoms with E-state index in [9.17, 15) is 4.39 Å². The Morgan fingerprint density at radius 2 is 2.18 bits per heavy atom. The number of phenolic OH excluding ortho intramolecular Hbond substituents is 1. The van der Waals surface area contributed by atoms with Gasteiger partial charge in [0.15, 0.2) is 0 Å². The minimum absolute atomic E-state index is 0.0520. The summed E-state index contributed by atoms with van der Waals surface area (Å²) in [5.41, 5.74) is 0.444. The molecule has 1 aromatic rings. The molecule has 0 unspecified atom stereocenters. The Morgan fingerprint density at radius 3 is 2.64 bits per heavy atom. The second-order valence-corrected chi connectivity index (χ2v) is 3.30. The van der Waals surface area contributed by atoms with Gasteiger partial charge in [-0.15, -0.1) is 0 Å². The zero-order valence-electron chi connectivity index (χ0n) is 5.44. The maximum Gasteiger partial charge on any atom is 0.148 e. The first-order chi connectivity index (χ1) is 5.15. The van der Waals surface area contributed by atoms with Crippen LogP contribution in [0.2, 0.25) is 5.02 Å². The van der Waals surface area contributed by atoms with Crippen molar-refractivity contribution in [3.63, 3.8) is 0 Å². The predicted molar refractivity (Wildman–Crippen MR) is 45.6 cm³/mol. The van der Waals surface area contributed by atoms with Crippen molar-refractivity contribution < 1.29 is 9.50 Å². The number of phenols is 1. The third-order valence-electron chi connectivity index (χ3n) is 1.23. The first-order valence-corrected chi connectivity index (χ1v) is 4.05. The van der Waals surface area contributed by atoms with Crippen molar-refractivity contribution in [2.24, 2.45) is 0 Å². The minimum Gasteiger partial charge on any atom is -0.505 e. The molecule has 0 atom stereocenters. The first-order valence-electron chi connectivity index (χ1n) is 2.88. The summed E-state index contributed by atoms with van der Waals surface area (Å²) in [7, 11) is 0. The molecule has 0 aliphatic heterocycles. The molecule has 0 saturated carbocycles. The van der Waals surface area contributed by atoms with Crippen LogP contribution < -0.4 is 0 Å². The van der Waals surface area contributed by atoms with Gasteiger partial charge in [0.25, 0.3) is 0 Å². The van der Waals surface area contributed by atoms with Crippen LogP contribution in [0.15, 0.2) is 16.6 Å². The van der Waals surface area contributed by atoms with Gasteiger partial charge in [-0.1, -0.05) is 11.6 Å². The van der Waals surface area contributed by atoms with Gasteiger partial charge in [-0.25, -0.2) is 4.39 Å². The lowest BCUT2D eigenvalue weighted by molar-refractivity contribution is 0.467. The van der Waals surface area contributed by atoms with Crippen molar-refractivity contribution in [1.29, 1.82) is 0 Å². The Bertz CT molecular complexity index is 254. The highest BCUT2D eigenvalue weighted by atomic mass is 79.9. The van der Waals surface area contributed by atoms with Crippen LogP contribution in [0.4, 0.5) is 4.39 Å². The summed E-state index contributed by atoms with van der Waals surface area (Å²) in [6.45, 7) is -0.585. The summed E-state index contributed by atoms with van der Waals surface area (Å²) in [6, 6.07) is 2.88. The molecule has 1 nitrogen and oxygen atoms in total. The fourth-order valence-electron chi connectivity index (χ4n) is 0.695. The summed E-state index contributed by atoms with van der Waals surface area (Å²) < 4.78 is 12.5. The summed E-state index contributed by atoms with van der Waals surface area (Å²) in [5, 5.41) is 9.28. The van der Waals surface area contributed by atoms with Crippen LogP contribution in [0.1, 0.15) is 5.56 Å². The molecule has 0 aliphatic carbocycles. The summed E-state index contributed by atoms with van der Waals surface area (Å²) in [6.07, 6.45) is 0. The second kappa shape index (κ2) is 3.41. The Balaban J connectivity index is 3.21. The molecule has 60 valence electrons. The zero-order valence-corrected chi connectivity index (χ0v) is 7.78. The van der Waals surface area contributed by atoms with Crippen molar-refractivity contribution in [3.05, 3.63) is 27.2 Å². The van der Waals surface area contributed by atoms with E-state index in [1.54, 1.807) is 0 Å². The number of rotatable bonds is 1. The number of hydrogen-bond acceptors (Lipinski definition) is 1. The average molecular weight is 239 g/mol. The van der Waals surface area contributed by atoms with E-state index in [0.717, 1.165) is 0 Å². The summed E-state index contributed by atoms with van der Waals surface area (Å²) in [5.74, 6) is -0.0520. The van der Waals surface area contributed by atoms with Crippen LogP contribution in [0.3, 0.4) is 0 Å². The van der Waals surface area contributed by atoms with Gasteiger partial charge in [0.2, 0.25) is 0 Å². The van der Waals surface area contributed by atoms with Crippen LogP contribution in [-0.2, 0) is 6.67 Å². The van der Waals surface area contributed by atoms with E-state index in [4.69, 9.17) is 16.7 Å². The Labute approximate surface area is 76.9 Å². The molecule has 1 aromatic carbocycles.